The third-order valence-corrected chi connectivity index (χ3v) is 4.41. The Morgan fingerprint density at radius 3 is 2.84 bits per heavy atom. The second-order valence-electron chi connectivity index (χ2n) is 7.51. The monoisotopic (exact) mass is 342 g/mol. The van der Waals surface area contributed by atoms with Crippen molar-refractivity contribution in [1.82, 2.24) is 4.98 Å². The largest absolute Gasteiger partial charge is 0.456 e. The van der Waals surface area contributed by atoms with E-state index in [1.807, 2.05) is 26.8 Å². The number of pyridine rings is 1. The van der Waals surface area contributed by atoms with Crippen LogP contribution in [0.4, 0.5) is 5.69 Å². The quantitative estimate of drug-likeness (QED) is 0.791. The minimum atomic E-state index is -0.525. The molecule has 3 rings (SSSR count). The molecule has 1 atom stereocenters. The zero-order chi connectivity index (χ0) is 18.0. The highest BCUT2D eigenvalue weighted by Gasteiger charge is 2.26. The lowest BCUT2D eigenvalue weighted by Gasteiger charge is -2.26. The maximum absolute atomic E-state index is 12.6. The molecular formula is C20H26N2O3. The first-order valence-electron chi connectivity index (χ1n) is 8.77. The Morgan fingerprint density at radius 1 is 1.32 bits per heavy atom. The van der Waals surface area contributed by atoms with Crippen LogP contribution in [0.5, 0.6) is 0 Å². The molecule has 134 valence electrons. The molecule has 0 bridgehead atoms. The lowest BCUT2D eigenvalue weighted by molar-refractivity contribution is 0.00718. The summed E-state index contributed by atoms with van der Waals surface area (Å²) in [4.78, 5) is 19.3. The van der Waals surface area contributed by atoms with Gasteiger partial charge in [0.05, 0.1) is 23.7 Å². The Morgan fingerprint density at radius 2 is 2.12 bits per heavy atom. The fourth-order valence-electron chi connectivity index (χ4n) is 3.37. The number of rotatable bonds is 4. The van der Waals surface area contributed by atoms with Gasteiger partial charge >= 0.3 is 5.97 Å². The van der Waals surface area contributed by atoms with E-state index < -0.39 is 5.60 Å². The van der Waals surface area contributed by atoms with E-state index in [0.717, 1.165) is 36.0 Å². The SMILES string of the molecule is COCC1CCCN1c1ccc2nccc(C(=O)OC(C)(C)C)c2c1. The van der Waals surface area contributed by atoms with Crippen molar-refractivity contribution in [2.45, 2.75) is 45.3 Å². The van der Waals surface area contributed by atoms with Crippen LogP contribution in [0.3, 0.4) is 0 Å². The zero-order valence-corrected chi connectivity index (χ0v) is 15.4. The summed E-state index contributed by atoms with van der Waals surface area (Å²) in [5.74, 6) is -0.313. The second kappa shape index (κ2) is 7.00. The van der Waals surface area contributed by atoms with Gasteiger partial charge in [-0.2, -0.15) is 0 Å². The molecule has 0 spiro atoms. The molecule has 1 aromatic carbocycles. The van der Waals surface area contributed by atoms with Gasteiger partial charge in [0.25, 0.3) is 0 Å². The molecule has 5 heteroatoms. The molecule has 1 aliphatic heterocycles. The number of fused-ring (bicyclic) bond motifs is 1. The number of aromatic nitrogens is 1. The fraction of sp³-hybridized carbons (Fsp3) is 0.500. The average Bonchev–Trinajstić information content (AvgIpc) is 3.01. The number of methoxy groups -OCH3 is 1. The Balaban J connectivity index is 1.98. The number of carbonyl (C=O) groups is 1. The predicted octanol–water partition coefficient (Wildman–Crippen LogP) is 3.81. The Bertz CT molecular complexity index is 767. The summed E-state index contributed by atoms with van der Waals surface area (Å²) in [6, 6.07) is 8.21. The number of nitrogens with zero attached hydrogens (tertiary/aromatic N) is 2. The van der Waals surface area contributed by atoms with E-state index in [0.29, 0.717) is 18.2 Å². The minimum Gasteiger partial charge on any atom is -0.456 e. The molecule has 1 fully saturated rings. The Kier molecular flexibility index (Phi) is 4.95. The van der Waals surface area contributed by atoms with E-state index in [1.54, 1.807) is 19.4 Å². The topological polar surface area (TPSA) is 51.7 Å². The third kappa shape index (κ3) is 3.93. The van der Waals surface area contributed by atoms with Gasteiger partial charge in [0.2, 0.25) is 0 Å². The molecule has 0 radical (unpaired) electrons. The average molecular weight is 342 g/mol. The molecule has 1 aromatic heterocycles. The molecule has 1 aliphatic rings. The molecule has 0 saturated carbocycles. The number of hydrogen-bond donors (Lipinski definition) is 0. The van der Waals surface area contributed by atoms with Crippen LogP contribution in [0, 0.1) is 0 Å². The van der Waals surface area contributed by atoms with E-state index in [4.69, 9.17) is 9.47 Å². The molecule has 2 heterocycles. The number of ether oxygens (including phenoxy) is 2. The first kappa shape index (κ1) is 17.7. The summed E-state index contributed by atoms with van der Waals surface area (Å²) in [7, 11) is 1.74. The standard InChI is InChI=1S/C20H26N2O3/c1-20(2,3)25-19(23)16-9-10-21-18-8-7-14(12-17(16)18)22-11-5-6-15(22)13-24-4/h7-10,12,15H,5-6,11,13H2,1-4H3. The van der Waals surface area contributed by atoms with E-state index in [9.17, 15) is 4.79 Å². The summed E-state index contributed by atoms with van der Waals surface area (Å²) in [5.41, 5.74) is 1.94. The molecule has 25 heavy (non-hydrogen) atoms. The normalized spacial score (nSPS) is 17.9. The summed E-state index contributed by atoms with van der Waals surface area (Å²) in [6.45, 7) is 7.34. The van der Waals surface area contributed by atoms with Crippen molar-refractivity contribution in [1.29, 1.82) is 0 Å². The Labute approximate surface area is 148 Å². The van der Waals surface area contributed by atoms with Gasteiger partial charge in [0, 0.05) is 30.9 Å². The van der Waals surface area contributed by atoms with Crippen molar-refractivity contribution in [2.24, 2.45) is 0 Å². The highest BCUT2D eigenvalue weighted by Crippen LogP contribution is 2.30. The molecule has 1 unspecified atom stereocenters. The molecular weight excluding hydrogens is 316 g/mol. The van der Waals surface area contributed by atoms with Crippen LogP contribution >= 0.6 is 0 Å². The number of benzene rings is 1. The number of hydrogen-bond acceptors (Lipinski definition) is 5. The van der Waals surface area contributed by atoms with Crippen LogP contribution in [0.15, 0.2) is 30.5 Å². The summed E-state index contributed by atoms with van der Waals surface area (Å²) >= 11 is 0. The van der Waals surface area contributed by atoms with Crippen LogP contribution in [0.25, 0.3) is 10.9 Å². The molecule has 0 amide bonds. The highest BCUT2D eigenvalue weighted by molar-refractivity contribution is 6.04. The van der Waals surface area contributed by atoms with Gasteiger partial charge in [-0.1, -0.05) is 0 Å². The van der Waals surface area contributed by atoms with Crippen molar-refractivity contribution in [2.75, 3.05) is 25.2 Å². The highest BCUT2D eigenvalue weighted by atomic mass is 16.6. The first-order valence-corrected chi connectivity index (χ1v) is 8.77. The van der Waals surface area contributed by atoms with Crippen molar-refractivity contribution < 1.29 is 14.3 Å². The van der Waals surface area contributed by atoms with Gasteiger partial charge in [-0.05, 0) is 57.9 Å². The molecule has 0 aliphatic carbocycles. The number of anilines is 1. The first-order chi connectivity index (χ1) is 11.9. The van der Waals surface area contributed by atoms with Crippen molar-refractivity contribution in [3.05, 3.63) is 36.0 Å². The van der Waals surface area contributed by atoms with Gasteiger partial charge in [-0.3, -0.25) is 4.98 Å². The smallest absolute Gasteiger partial charge is 0.339 e. The van der Waals surface area contributed by atoms with Crippen LogP contribution in [0.1, 0.15) is 44.0 Å². The molecule has 2 aromatic rings. The minimum absolute atomic E-state index is 0.313. The summed E-state index contributed by atoms with van der Waals surface area (Å²) in [5, 5.41) is 0.831. The fourth-order valence-corrected chi connectivity index (χ4v) is 3.37. The molecule has 0 N–H and O–H groups in total. The predicted molar refractivity (Wildman–Crippen MR) is 99.2 cm³/mol. The lowest BCUT2D eigenvalue weighted by atomic mass is 10.1. The van der Waals surface area contributed by atoms with Crippen LogP contribution in [0.2, 0.25) is 0 Å². The maximum atomic E-state index is 12.6. The molecule has 1 saturated heterocycles. The second-order valence-corrected chi connectivity index (χ2v) is 7.51. The zero-order valence-electron chi connectivity index (χ0n) is 15.4. The summed E-state index contributed by atoms with van der Waals surface area (Å²) < 4.78 is 10.9. The van der Waals surface area contributed by atoms with Crippen LogP contribution in [-0.4, -0.2) is 42.9 Å². The third-order valence-electron chi connectivity index (χ3n) is 4.41. The van der Waals surface area contributed by atoms with E-state index >= 15 is 0 Å². The van der Waals surface area contributed by atoms with Crippen molar-refractivity contribution in [3.63, 3.8) is 0 Å². The maximum Gasteiger partial charge on any atom is 0.339 e. The number of carbonyl (C=O) groups excluding carboxylic acids is 1. The van der Waals surface area contributed by atoms with Gasteiger partial charge in [0.15, 0.2) is 0 Å². The van der Waals surface area contributed by atoms with Gasteiger partial charge in [-0.15, -0.1) is 0 Å². The number of esters is 1. The molecule has 5 nitrogen and oxygen atoms in total. The van der Waals surface area contributed by atoms with Crippen LogP contribution < -0.4 is 4.90 Å². The van der Waals surface area contributed by atoms with Crippen molar-refractivity contribution >= 4 is 22.6 Å². The van der Waals surface area contributed by atoms with Gasteiger partial charge in [0.1, 0.15) is 5.60 Å². The van der Waals surface area contributed by atoms with Crippen LogP contribution in [-0.2, 0) is 9.47 Å². The summed E-state index contributed by atoms with van der Waals surface area (Å²) in [6.07, 6.45) is 3.93. The Hall–Kier alpha value is -2.14. The van der Waals surface area contributed by atoms with Crippen molar-refractivity contribution in [3.8, 4) is 0 Å². The van der Waals surface area contributed by atoms with Gasteiger partial charge in [-0.25, -0.2) is 4.79 Å². The lowest BCUT2D eigenvalue weighted by Crippen LogP contribution is -2.32. The van der Waals surface area contributed by atoms with E-state index in [2.05, 4.69) is 22.0 Å². The van der Waals surface area contributed by atoms with E-state index in [-0.39, 0.29) is 5.97 Å². The van der Waals surface area contributed by atoms with Gasteiger partial charge < -0.3 is 14.4 Å². The van der Waals surface area contributed by atoms with E-state index in [1.165, 1.54) is 0 Å².